The summed E-state index contributed by atoms with van der Waals surface area (Å²) < 4.78 is 51.6. The Morgan fingerprint density at radius 1 is 1.12 bits per heavy atom. The van der Waals surface area contributed by atoms with Gasteiger partial charge in [-0.3, -0.25) is 19.2 Å². The molecule has 1 N–H and O–H groups in total. The molecule has 1 fully saturated rings. The van der Waals surface area contributed by atoms with Crippen LogP contribution in [-0.2, 0) is 14.4 Å². The van der Waals surface area contributed by atoms with Gasteiger partial charge >= 0.3 is 5.97 Å². The molecular formula is C28H27F3N2O7. The van der Waals surface area contributed by atoms with E-state index >= 15 is 0 Å². The number of para-hydroxylation sites is 1. The van der Waals surface area contributed by atoms with Crippen LogP contribution in [0.2, 0.25) is 0 Å². The number of Topliss-reactive ketones (excluding diaryl/α,β-unsaturated/α-hetero) is 2. The zero-order valence-corrected chi connectivity index (χ0v) is 21.6. The maximum atomic E-state index is 14.0. The molecule has 1 amide bonds. The second-order valence-electron chi connectivity index (χ2n) is 9.76. The Morgan fingerprint density at radius 2 is 1.82 bits per heavy atom. The number of carbonyl (C=O) groups excluding carboxylic acids is 3. The van der Waals surface area contributed by atoms with Crippen LogP contribution in [0.5, 0.6) is 5.75 Å². The van der Waals surface area contributed by atoms with Crippen molar-refractivity contribution in [3.8, 4) is 5.75 Å². The van der Waals surface area contributed by atoms with Crippen LogP contribution in [0.1, 0.15) is 48.2 Å². The third-order valence-corrected chi connectivity index (χ3v) is 7.15. The number of ether oxygens (including phenoxy) is 1. The van der Waals surface area contributed by atoms with Gasteiger partial charge in [0.05, 0.1) is 11.8 Å². The first kappa shape index (κ1) is 28.8. The number of carboxylic acids is 1. The van der Waals surface area contributed by atoms with Gasteiger partial charge in [0.25, 0.3) is 5.91 Å². The van der Waals surface area contributed by atoms with E-state index < -0.39 is 53.9 Å². The number of aromatic nitrogens is 1. The molecule has 12 heteroatoms. The Hall–Kier alpha value is -4.22. The van der Waals surface area contributed by atoms with Gasteiger partial charge in [-0.25, -0.2) is 8.78 Å². The van der Waals surface area contributed by atoms with Gasteiger partial charge < -0.3 is 19.3 Å². The van der Waals surface area contributed by atoms with Crippen LogP contribution in [0.15, 0.2) is 34.9 Å². The highest BCUT2D eigenvalue weighted by atomic mass is 19.2. The Bertz CT molecular complexity index is 1420. The molecule has 2 heterocycles. The molecule has 0 aliphatic carbocycles. The molecule has 0 radical (unpaired) electrons. The lowest BCUT2D eigenvalue weighted by molar-refractivity contribution is -0.141. The molecule has 1 aromatic heterocycles. The molecule has 40 heavy (non-hydrogen) atoms. The van der Waals surface area contributed by atoms with Gasteiger partial charge in [0, 0.05) is 43.0 Å². The van der Waals surface area contributed by atoms with Gasteiger partial charge in [-0.15, -0.1) is 0 Å². The zero-order valence-electron chi connectivity index (χ0n) is 21.6. The van der Waals surface area contributed by atoms with Crippen LogP contribution < -0.4 is 4.74 Å². The standard InChI is InChI=1S/C28H27F3N2O7/c1-15-19(29)13-20(30)25(31)27(15)39-14-22(35)17(12-24(36)37)6-7-21(34)16-8-10-33(11-9-16)28(38)26-18-4-2-3-5-23(18)40-32-26/h2-5,13,16-17H,6-12,14H2,1H3,(H,36,37)/t17-/m0/s1. The first-order valence-electron chi connectivity index (χ1n) is 12.7. The number of ketones is 2. The molecule has 0 unspecified atom stereocenters. The highest BCUT2D eigenvalue weighted by Crippen LogP contribution is 2.28. The van der Waals surface area contributed by atoms with E-state index in [1.807, 2.05) is 0 Å². The van der Waals surface area contributed by atoms with Crippen molar-refractivity contribution in [2.45, 2.75) is 39.0 Å². The minimum atomic E-state index is -1.49. The maximum absolute atomic E-state index is 14.0. The minimum absolute atomic E-state index is 0.0851. The Kier molecular flexibility index (Phi) is 8.86. The quantitative estimate of drug-likeness (QED) is 0.340. The number of hydrogen-bond donors (Lipinski definition) is 1. The number of benzene rings is 2. The fourth-order valence-corrected chi connectivity index (χ4v) is 4.80. The highest BCUT2D eigenvalue weighted by Gasteiger charge is 2.31. The van der Waals surface area contributed by atoms with Crippen molar-refractivity contribution in [2.24, 2.45) is 11.8 Å². The number of nitrogens with zero attached hydrogens (tertiary/aromatic N) is 2. The van der Waals surface area contributed by atoms with Crippen molar-refractivity contribution in [2.75, 3.05) is 19.7 Å². The Labute approximate surface area is 226 Å². The van der Waals surface area contributed by atoms with E-state index in [2.05, 4.69) is 5.16 Å². The lowest BCUT2D eigenvalue weighted by Crippen LogP contribution is -2.40. The van der Waals surface area contributed by atoms with Crippen LogP contribution in [0, 0.1) is 36.2 Å². The predicted octanol–water partition coefficient (Wildman–Crippen LogP) is 4.49. The van der Waals surface area contributed by atoms with Gasteiger partial charge in [0.2, 0.25) is 5.82 Å². The summed E-state index contributed by atoms with van der Waals surface area (Å²) >= 11 is 0. The molecule has 1 saturated heterocycles. The van der Waals surface area contributed by atoms with E-state index in [1.54, 1.807) is 29.2 Å². The van der Waals surface area contributed by atoms with Crippen molar-refractivity contribution in [1.82, 2.24) is 10.1 Å². The number of aliphatic carboxylic acids is 1. The topological polar surface area (TPSA) is 127 Å². The molecule has 0 saturated carbocycles. The first-order chi connectivity index (χ1) is 19.1. The average Bonchev–Trinajstić information content (AvgIpc) is 3.37. The van der Waals surface area contributed by atoms with Crippen LogP contribution in [0.4, 0.5) is 13.2 Å². The molecule has 3 aromatic rings. The molecular weight excluding hydrogens is 533 g/mol. The lowest BCUT2D eigenvalue weighted by Gasteiger charge is -2.31. The van der Waals surface area contributed by atoms with Crippen LogP contribution in [0.3, 0.4) is 0 Å². The molecule has 1 aliphatic heterocycles. The van der Waals surface area contributed by atoms with Crippen molar-refractivity contribution < 1.29 is 46.7 Å². The van der Waals surface area contributed by atoms with E-state index in [0.29, 0.717) is 43.0 Å². The lowest BCUT2D eigenvalue weighted by atomic mass is 9.86. The van der Waals surface area contributed by atoms with E-state index in [4.69, 9.17) is 9.26 Å². The fourth-order valence-electron chi connectivity index (χ4n) is 4.80. The molecule has 2 aromatic carbocycles. The van der Waals surface area contributed by atoms with Gasteiger partial charge in [0.15, 0.2) is 28.6 Å². The summed E-state index contributed by atoms with van der Waals surface area (Å²) in [5, 5.41) is 13.7. The van der Waals surface area contributed by atoms with Crippen LogP contribution >= 0.6 is 0 Å². The number of fused-ring (bicyclic) bond motifs is 1. The van der Waals surface area contributed by atoms with Gasteiger partial charge in [-0.1, -0.05) is 17.3 Å². The monoisotopic (exact) mass is 560 g/mol. The highest BCUT2D eigenvalue weighted by molar-refractivity contribution is 6.04. The number of likely N-dealkylation sites (tertiary alicyclic amines) is 1. The minimum Gasteiger partial charge on any atom is -0.482 e. The number of hydrogen-bond acceptors (Lipinski definition) is 7. The first-order valence-corrected chi connectivity index (χ1v) is 12.7. The number of carbonyl (C=O) groups is 4. The maximum Gasteiger partial charge on any atom is 0.304 e. The predicted molar refractivity (Wildman–Crippen MR) is 134 cm³/mol. The number of rotatable bonds is 11. The van der Waals surface area contributed by atoms with E-state index in [1.165, 1.54) is 0 Å². The van der Waals surface area contributed by atoms with E-state index in [-0.39, 0.29) is 41.7 Å². The van der Waals surface area contributed by atoms with Crippen molar-refractivity contribution >= 4 is 34.4 Å². The van der Waals surface area contributed by atoms with Crippen LogP contribution in [0.25, 0.3) is 11.0 Å². The Morgan fingerprint density at radius 3 is 2.52 bits per heavy atom. The summed E-state index contributed by atoms with van der Waals surface area (Å²) in [6.45, 7) is 0.968. The normalized spacial score (nSPS) is 14.8. The zero-order chi connectivity index (χ0) is 29.0. The smallest absolute Gasteiger partial charge is 0.304 e. The molecule has 9 nitrogen and oxygen atoms in total. The largest absolute Gasteiger partial charge is 0.482 e. The molecule has 212 valence electrons. The molecule has 0 spiro atoms. The number of amides is 1. The Balaban J connectivity index is 1.31. The summed E-state index contributed by atoms with van der Waals surface area (Å²) in [5.41, 5.74) is 0.363. The molecule has 0 bridgehead atoms. The van der Waals surface area contributed by atoms with Crippen molar-refractivity contribution in [3.63, 3.8) is 0 Å². The molecule has 1 atom stereocenters. The molecule has 4 rings (SSSR count). The second kappa shape index (κ2) is 12.3. The average molecular weight is 561 g/mol. The number of halogens is 3. The molecule has 1 aliphatic rings. The fraction of sp³-hybridized carbons (Fsp3) is 0.393. The van der Waals surface area contributed by atoms with Crippen molar-refractivity contribution in [3.05, 3.63) is 59.0 Å². The van der Waals surface area contributed by atoms with Gasteiger partial charge in [-0.05, 0) is 38.3 Å². The van der Waals surface area contributed by atoms with Gasteiger partial charge in [-0.2, -0.15) is 4.39 Å². The summed E-state index contributed by atoms with van der Waals surface area (Å²) in [4.78, 5) is 51.4. The van der Waals surface area contributed by atoms with E-state index in [9.17, 15) is 37.5 Å². The second-order valence-corrected chi connectivity index (χ2v) is 9.76. The number of piperidine rings is 1. The summed E-state index contributed by atoms with van der Waals surface area (Å²) in [7, 11) is 0. The third-order valence-electron chi connectivity index (χ3n) is 7.15. The number of carboxylic acid groups (broad SMARTS) is 1. The SMILES string of the molecule is Cc1c(F)cc(F)c(F)c1OCC(=O)[C@@H](CCC(=O)C1CCN(C(=O)c2noc3ccccc23)CC1)CC(=O)O. The summed E-state index contributed by atoms with van der Waals surface area (Å²) in [6.07, 6.45) is 0.0248. The van der Waals surface area contributed by atoms with Gasteiger partial charge in [0.1, 0.15) is 18.2 Å². The summed E-state index contributed by atoms with van der Waals surface area (Å²) in [5.74, 6) is -8.75. The van der Waals surface area contributed by atoms with E-state index in [0.717, 1.165) is 6.92 Å². The third kappa shape index (κ3) is 6.32. The summed E-state index contributed by atoms with van der Waals surface area (Å²) in [6, 6.07) is 7.35. The van der Waals surface area contributed by atoms with Crippen LogP contribution in [-0.4, -0.2) is 58.3 Å². The van der Waals surface area contributed by atoms with Crippen molar-refractivity contribution in [1.29, 1.82) is 0 Å².